The first kappa shape index (κ1) is 22.7. The van der Waals surface area contributed by atoms with E-state index < -0.39 is 0 Å². The molecular formula is C21H29N7O2S. The molecule has 0 spiro atoms. The van der Waals surface area contributed by atoms with Gasteiger partial charge in [-0.1, -0.05) is 19.9 Å². The Morgan fingerprint density at radius 3 is 2.74 bits per heavy atom. The van der Waals surface area contributed by atoms with Crippen LogP contribution in [0.5, 0.6) is 0 Å². The van der Waals surface area contributed by atoms with E-state index in [-0.39, 0.29) is 18.4 Å². The van der Waals surface area contributed by atoms with Crippen molar-refractivity contribution in [1.29, 1.82) is 0 Å². The van der Waals surface area contributed by atoms with Crippen molar-refractivity contribution in [2.75, 3.05) is 37.3 Å². The second-order valence-electron chi connectivity index (χ2n) is 7.40. The predicted octanol–water partition coefficient (Wildman–Crippen LogP) is 2.68. The molecule has 2 aromatic heterocycles. The van der Waals surface area contributed by atoms with E-state index in [1.807, 2.05) is 19.2 Å². The Bertz CT molecular complexity index is 926. The third-order valence-corrected chi connectivity index (χ3v) is 6.11. The molecule has 1 fully saturated rings. The lowest BCUT2D eigenvalue weighted by Crippen LogP contribution is -2.39. The van der Waals surface area contributed by atoms with Crippen molar-refractivity contribution in [2.45, 2.75) is 38.5 Å². The molecule has 1 saturated carbocycles. The largest absolute Gasteiger partial charge is 0.368 e. The highest BCUT2D eigenvalue weighted by molar-refractivity contribution is 7.15. The number of carbonyl (C=O) groups is 2. The molecule has 1 aliphatic carbocycles. The number of nitrogens with zero attached hydrogens (tertiary/aromatic N) is 4. The van der Waals surface area contributed by atoms with Gasteiger partial charge in [0.25, 0.3) is 0 Å². The van der Waals surface area contributed by atoms with Crippen LogP contribution in [0, 0.1) is 0 Å². The zero-order chi connectivity index (χ0) is 22.2. The number of thiazole rings is 1. The average Bonchev–Trinajstić information content (AvgIpc) is 3.16. The predicted molar refractivity (Wildman–Crippen MR) is 123 cm³/mol. The van der Waals surface area contributed by atoms with Gasteiger partial charge >= 0.3 is 0 Å². The van der Waals surface area contributed by atoms with Gasteiger partial charge in [0.2, 0.25) is 11.8 Å². The van der Waals surface area contributed by atoms with Crippen LogP contribution in [0.3, 0.4) is 0 Å². The lowest BCUT2D eigenvalue weighted by atomic mass is 9.85. The van der Waals surface area contributed by atoms with Crippen LogP contribution in [0.15, 0.2) is 24.9 Å². The van der Waals surface area contributed by atoms with E-state index in [4.69, 9.17) is 0 Å². The Morgan fingerprint density at radius 2 is 2.06 bits per heavy atom. The second-order valence-corrected chi connectivity index (χ2v) is 8.47. The van der Waals surface area contributed by atoms with E-state index in [1.165, 1.54) is 35.1 Å². The van der Waals surface area contributed by atoms with Crippen LogP contribution in [0.25, 0.3) is 0 Å². The van der Waals surface area contributed by atoms with Crippen LogP contribution in [0.1, 0.15) is 42.8 Å². The lowest BCUT2D eigenvalue weighted by Gasteiger charge is -2.23. The SMILES string of the molecule is C=CC(=O)N(C)CC(=O)NCCNc1cc(Nc2ncc(C3CCC3)s2)nc(CC)n1. The Morgan fingerprint density at radius 1 is 1.29 bits per heavy atom. The Balaban J connectivity index is 1.50. The van der Waals surface area contributed by atoms with Gasteiger partial charge in [0.05, 0.1) is 6.54 Å². The normalized spacial score (nSPS) is 13.2. The Hall–Kier alpha value is -3.01. The van der Waals surface area contributed by atoms with Crippen molar-refractivity contribution in [3.8, 4) is 0 Å². The van der Waals surface area contributed by atoms with Crippen LogP contribution < -0.4 is 16.0 Å². The van der Waals surface area contributed by atoms with E-state index in [1.54, 1.807) is 18.4 Å². The lowest BCUT2D eigenvalue weighted by molar-refractivity contribution is -0.131. The van der Waals surface area contributed by atoms with Gasteiger partial charge in [-0.3, -0.25) is 9.59 Å². The van der Waals surface area contributed by atoms with Gasteiger partial charge in [-0.25, -0.2) is 15.0 Å². The van der Waals surface area contributed by atoms with Gasteiger partial charge in [-0.2, -0.15) is 0 Å². The summed E-state index contributed by atoms with van der Waals surface area (Å²) in [4.78, 5) is 39.5. The molecule has 2 amide bonds. The minimum atomic E-state index is -0.290. The number of hydrogen-bond acceptors (Lipinski definition) is 8. The third kappa shape index (κ3) is 6.48. The first-order valence-electron chi connectivity index (χ1n) is 10.5. The van der Waals surface area contributed by atoms with Crippen molar-refractivity contribution in [2.24, 2.45) is 0 Å². The fourth-order valence-corrected chi connectivity index (χ4v) is 4.03. The summed E-state index contributed by atoms with van der Waals surface area (Å²) in [7, 11) is 1.56. The zero-order valence-electron chi connectivity index (χ0n) is 18.0. The number of carbonyl (C=O) groups excluding carboxylic acids is 2. The number of aryl methyl sites for hydroxylation is 1. The molecule has 3 rings (SSSR count). The van der Waals surface area contributed by atoms with Gasteiger partial charge < -0.3 is 20.9 Å². The number of nitrogens with one attached hydrogen (secondary N) is 3. The summed E-state index contributed by atoms with van der Waals surface area (Å²) in [6.45, 7) is 6.30. The minimum Gasteiger partial charge on any atom is -0.368 e. The maximum absolute atomic E-state index is 11.9. The fourth-order valence-electron chi connectivity index (χ4n) is 3.04. The summed E-state index contributed by atoms with van der Waals surface area (Å²) in [6, 6.07) is 1.84. The average molecular weight is 444 g/mol. The summed E-state index contributed by atoms with van der Waals surface area (Å²) in [5, 5.41) is 10.1. The Kier molecular flexibility index (Phi) is 7.94. The molecule has 0 aliphatic heterocycles. The number of anilines is 3. The number of amides is 2. The summed E-state index contributed by atoms with van der Waals surface area (Å²) in [5.41, 5.74) is 0. The number of likely N-dealkylation sites (N-methyl/N-ethyl adjacent to an activating group) is 1. The molecular weight excluding hydrogens is 414 g/mol. The molecule has 0 unspecified atom stereocenters. The maximum atomic E-state index is 11.9. The Labute approximate surface area is 186 Å². The van der Waals surface area contributed by atoms with Gasteiger partial charge in [0.1, 0.15) is 17.5 Å². The van der Waals surface area contributed by atoms with Crippen LogP contribution >= 0.6 is 11.3 Å². The van der Waals surface area contributed by atoms with Crippen LogP contribution in [-0.2, 0) is 16.0 Å². The smallest absolute Gasteiger partial charge is 0.246 e. The van der Waals surface area contributed by atoms with Crippen LogP contribution in [0.2, 0.25) is 0 Å². The van der Waals surface area contributed by atoms with Crippen molar-refractivity contribution >= 4 is 39.9 Å². The van der Waals surface area contributed by atoms with Gasteiger partial charge in [-0.15, -0.1) is 11.3 Å². The topological polar surface area (TPSA) is 112 Å². The highest BCUT2D eigenvalue weighted by atomic mass is 32.1. The first-order valence-corrected chi connectivity index (χ1v) is 11.3. The number of rotatable bonds is 11. The highest BCUT2D eigenvalue weighted by Gasteiger charge is 2.22. The molecule has 2 heterocycles. The summed E-state index contributed by atoms with van der Waals surface area (Å²) < 4.78 is 0. The van der Waals surface area contributed by atoms with E-state index >= 15 is 0 Å². The molecule has 0 aromatic carbocycles. The molecule has 0 saturated heterocycles. The fraction of sp³-hybridized carbons (Fsp3) is 0.476. The zero-order valence-corrected chi connectivity index (χ0v) is 18.8. The van der Waals surface area contributed by atoms with Crippen molar-refractivity contribution in [3.05, 3.63) is 35.6 Å². The van der Waals surface area contributed by atoms with E-state index in [0.717, 1.165) is 11.0 Å². The van der Waals surface area contributed by atoms with Crippen molar-refractivity contribution in [3.63, 3.8) is 0 Å². The quantitative estimate of drug-likeness (QED) is 0.361. The van der Waals surface area contributed by atoms with E-state index in [2.05, 4.69) is 37.5 Å². The van der Waals surface area contributed by atoms with Crippen molar-refractivity contribution < 1.29 is 9.59 Å². The van der Waals surface area contributed by atoms with Crippen molar-refractivity contribution in [1.82, 2.24) is 25.2 Å². The number of hydrogen-bond donors (Lipinski definition) is 3. The molecule has 10 heteroatoms. The van der Waals surface area contributed by atoms with Gasteiger partial charge in [-0.05, 0) is 24.8 Å². The molecule has 9 nitrogen and oxygen atoms in total. The molecule has 1 aliphatic rings. The standard InChI is InChI=1S/C21H29N7O2S/c1-4-16-25-17(22-9-10-23-19(29)13-28(3)20(30)5-2)11-18(26-16)27-21-24-12-15(31-21)14-7-6-8-14/h5,11-12,14H,2,4,6-10,13H2,1,3H3,(H,23,29)(H2,22,24,25,26,27). The molecule has 0 radical (unpaired) electrons. The minimum absolute atomic E-state index is 0.0108. The van der Waals surface area contributed by atoms with E-state index in [0.29, 0.717) is 37.1 Å². The first-order chi connectivity index (χ1) is 15.0. The molecule has 3 N–H and O–H groups in total. The van der Waals surface area contributed by atoms with Gasteiger partial charge in [0, 0.05) is 43.7 Å². The van der Waals surface area contributed by atoms with Crippen LogP contribution in [-0.4, -0.2) is 58.3 Å². The highest BCUT2D eigenvalue weighted by Crippen LogP contribution is 2.40. The maximum Gasteiger partial charge on any atom is 0.246 e. The summed E-state index contributed by atoms with van der Waals surface area (Å²) >= 11 is 1.68. The third-order valence-electron chi connectivity index (χ3n) is 5.04. The van der Waals surface area contributed by atoms with Gasteiger partial charge in [0.15, 0.2) is 5.13 Å². The molecule has 0 bridgehead atoms. The molecule has 2 aromatic rings. The summed E-state index contributed by atoms with van der Waals surface area (Å²) in [5.74, 6) is 2.23. The summed E-state index contributed by atoms with van der Waals surface area (Å²) in [6.07, 6.45) is 7.65. The van der Waals surface area contributed by atoms with Crippen LogP contribution in [0.4, 0.5) is 16.8 Å². The molecule has 166 valence electrons. The monoisotopic (exact) mass is 443 g/mol. The number of aromatic nitrogens is 3. The van der Waals surface area contributed by atoms with E-state index in [9.17, 15) is 9.59 Å². The molecule has 31 heavy (non-hydrogen) atoms. The second kappa shape index (κ2) is 10.9. The molecule has 0 atom stereocenters.